The Hall–Kier alpha value is -1.46. The number of hydrogen-bond donors (Lipinski definition) is 1. The van der Waals surface area contributed by atoms with E-state index in [1.807, 2.05) is 20.8 Å². The fourth-order valence-electron chi connectivity index (χ4n) is 6.63. The minimum atomic E-state index is -0.877. The molecular weight excluding hydrogens is 320 g/mol. The normalized spacial score (nSPS) is 55.2. The van der Waals surface area contributed by atoms with Crippen LogP contribution < -0.4 is 0 Å². The van der Waals surface area contributed by atoms with Gasteiger partial charge in [0.25, 0.3) is 0 Å². The number of ether oxygens (including phenoxy) is 2. The van der Waals surface area contributed by atoms with Crippen molar-refractivity contribution in [3.05, 3.63) is 24.3 Å². The van der Waals surface area contributed by atoms with Gasteiger partial charge in [-0.25, -0.2) is 4.79 Å². The minimum Gasteiger partial charge on any atom is -0.455 e. The van der Waals surface area contributed by atoms with Crippen LogP contribution in [0.3, 0.4) is 0 Å². The highest BCUT2D eigenvalue weighted by molar-refractivity contribution is 5.94. The van der Waals surface area contributed by atoms with E-state index >= 15 is 0 Å². The molecule has 0 aromatic heterocycles. The molecule has 2 aliphatic carbocycles. The summed E-state index contributed by atoms with van der Waals surface area (Å²) in [5, 5.41) is 10.1. The van der Waals surface area contributed by atoms with Gasteiger partial charge in [-0.1, -0.05) is 19.1 Å². The second-order valence-corrected chi connectivity index (χ2v) is 8.73. The molecule has 8 atom stereocenters. The Morgan fingerprint density at radius 2 is 2.00 bits per heavy atom. The van der Waals surface area contributed by atoms with E-state index in [9.17, 15) is 14.7 Å². The summed E-state index contributed by atoms with van der Waals surface area (Å²) in [6.07, 6.45) is 3.43. The van der Waals surface area contributed by atoms with Gasteiger partial charge in [0, 0.05) is 11.8 Å². The van der Waals surface area contributed by atoms with Crippen LogP contribution in [-0.4, -0.2) is 41.3 Å². The largest absolute Gasteiger partial charge is 0.455 e. The van der Waals surface area contributed by atoms with Crippen LogP contribution in [0.25, 0.3) is 0 Å². The van der Waals surface area contributed by atoms with Crippen LogP contribution >= 0.6 is 0 Å². The van der Waals surface area contributed by atoms with Gasteiger partial charge >= 0.3 is 5.97 Å². The van der Waals surface area contributed by atoms with E-state index in [4.69, 9.17) is 9.47 Å². The lowest BCUT2D eigenvalue weighted by Crippen LogP contribution is -2.53. The van der Waals surface area contributed by atoms with Gasteiger partial charge in [0.1, 0.15) is 18.0 Å². The molecule has 4 fully saturated rings. The minimum absolute atomic E-state index is 0.0377. The van der Waals surface area contributed by atoms with Crippen molar-refractivity contribution < 1.29 is 24.2 Å². The summed E-state index contributed by atoms with van der Waals surface area (Å²) < 4.78 is 12.1. The summed E-state index contributed by atoms with van der Waals surface area (Å²) in [6.45, 7) is 11.5. The van der Waals surface area contributed by atoms with E-state index in [1.54, 1.807) is 12.2 Å². The molecule has 0 spiro atoms. The second kappa shape index (κ2) is 4.83. The Bertz CT molecular complexity index is 711. The van der Waals surface area contributed by atoms with Crippen LogP contribution in [0.4, 0.5) is 0 Å². The van der Waals surface area contributed by atoms with Gasteiger partial charge in [-0.3, -0.25) is 4.79 Å². The lowest BCUT2D eigenvalue weighted by Gasteiger charge is -2.49. The highest BCUT2D eigenvalue weighted by atomic mass is 16.6. The van der Waals surface area contributed by atoms with Gasteiger partial charge in [0.2, 0.25) is 0 Å². The topological polar surface area (TPSA) is 72.8 Å². The molecule has 136 valence electrons. The van der Waals surface area contributed by atoms with Crippen LogP contribution in [0.1, 0.15) is 34.1 Å². The highest BCUT2D eigenvalue weighted by Crippen LogP contribution is 2.71. The number of aliphatic hydroxyl groups is 1. The first-order chi connectivity index (χ1) is 11.7. The molecule has 2 saturated carbocycles. The van der Waals surface area contributed by atoms with E-state index in [2.05, 4.69) is 13.5 Å². The summed E-state index contributed by atoms with van der Waals surface area (Å²) in [4.78, 5) is 25.5. The maximum Gasteiger partial charge on any atom is 0.336 e. The van der Waals surface area contributed by atoms with Crippen molar-refractivity contribution in [2.45, 2.75) is 51.9 Å². The van der Waals surface area contributed by atoms with Gasteiger partial charge in [-0.15, -0.1) is 6.58 Å². The van der Waals surface area contributed by atoms with E-state index in [-0.39, 0.29) is 47.6 Å². The number of hydrogen-bond acceptors (Lipinski definition) is 5. The molecule has 0 amide bonds. The number of ketones is 1. The van der Waals surface area contributed by atoms with Gasteiger partial charge < -0.3 is 14.6 Å². The standard InChI is InChI=1S/C20H26O5/c1-6-10-13-14(24-17(10)23)15-18(3)8-11(20(15,5)25-13)16(22)19(4,9-21)12(18)7-2/h6-7,11-15,21H,2,8-9H2,1,3-5H3/b10-6+/t11-,12+,13-,14+,15+,18-,19-,20-/m0/s1. The van der Waals surface area contributed by atoms with Crippen molar-refractivity contribution in [2.24, 2.45) is 28.6 Å². The first-order valence-electron chi connectivity index (χ1n) is 9.01. The third kappa shape index (κ3) is 1.67. The summed E-state index contributed by atoms with van der Waals surface area (Å²) >= 11 is 0. The van der Waals surface area contributed by atoms with Gasteiger partial charge in [-0.05, 0) is 38.5 Å². The molecule has 0 radical (unpaired) electrons. The quantitative estimate of drug-likeness (QED) is 0.471. The molecule has 4 aliphatic rings. The monoisotopic (exact) mass is 346 g/mol. The average Bonchev–Trinajstić information content (AvgIpc) is 3.08. The zero-order valence-electron chi connectivity index (χ0n) is 15.2. The van der Waals surface area contributed by atoms with Gasteiger partial charge in [-0.2, -0.15) is 0 Å². The van der Waals surface area contributed by atoms with Crippen LogP contribution in [-0.2, 0) is 19.1 Å². The van der Waals surface area contributed by atoms with Gasteiger partial charge in [0.05, 0.1) is 23.2 Å². The number of rotatable bonds is 2. The molecule has 5 heteroatoms. The van der Waals surface area contributed by atoms with Crippen molar-refractivity contribution in [1.82, 2.24) is 0 Å². The fraction of sp³-hybridized carbons (Fsp3) is 0.700. The number of carbonyl (C=O) groups excluding carboxylic acids is 2. The molecule has 2 saturated heterocycles. The summed E-state index contributed by atoms with van der Waals surface area (Å²) in [5.41, 5.74) is -1.34. The van der Waals surface area contributed by atoms with Crippen molar-refractivity contribution in [3.63, 3.8) is 0 Å². The third-order valence-electron chi connectivity index (χ3n) is 7.61. The van der Waals surface area contributed by atoms with Crippen molar-refractivity contribution in [3.8, 4) is 0 Å². The summed E-state index contributed by atoms with van der Waals surface area (Å²) in [5.74, 6) is -0.891. The zero-order chi connectivity index (χ0) is 18.4. The smallest absolute Gasteiger partial charge is 0.336 e. The second-order valence-electron chi connectivity index (χ2n) is 8.73. The van der Waals surface area contributed by atoms with Crippen LogP contribution in [0, 0.1) is 28.6 Å². The van der Waals surface area contributed by atoms with Crippen LogP contribution in [0.5, 0.6) is 0 Å². The molecule has 0 unspecified atom stereocenters. The molecule has 2 bridgehead atoms. The molecule has 2 aliphatic heterocycles. The Labute approximate surface area is 148 Å². The zero-order valence-corrected chi connectivity index (χ0v) is 15.2. The van der Waals surface area contributed by atoms with Crippen molar-refractivity contribution in [1.29, 1.82) is 0 Å². The lowest BCUT2D eigenvalue weighted by molar-refractivity contribution is -0.153. The van der Waals surface area contributed by atoms with Gasteiger partial charge in [0.15, 0.2) is 0 Å². The summed E-state index contributed by atoms with van der Waals surface area (Å²) in [7, 11) is 0. The lowest BCUT2D eigenvalue weighted by atomic mass is 9.54. The number of allylic oxidation sites excluding steroid dienone is 2. The molecule has 2 heterocycles. The Morgan fingerprint density at radius 3 is 2.56 bits per heavy atom. The molecular formula is C20H26O5. The predicted molar refractivity (Wildman–Crippen MR) is 90.5 cm³/mol. The predicted octanol–water partition coefficient (Wildman–Crippen LogP) is 2.04. The van der Waals surface area contributed by atoms with E-state index in [0.717, 1.165) is 0 Å². The molecule has 25 heavy (non-hydrogen) atoms. The van der Waals surface area contributed by atoms with Crippen LogP contribution in [0.15, 0.2) is 24.3 Å². The van der Waals surface area contributed by atoms with E-state index in [1.165, 1.54) is 0 Å². The van der Waals surface area contributed by atoms with E-state index in [0.29, 0.717) is 12.0 Å². The average molecular weight is 346 g/mol. The highest BCUT2D eigenvalue weighted by Gasteiger charge is 2.78. The summed E-state index contributed by atoms with van der Waals surface area (Å²) in [6, 6.07) is 0. The molecule has 4 rings (SSSR count). The third-order valence-corrected chi connectivity index (χ3v) is 7.61. The number of carbonyl (C=O) groups is 2. The molecule has 1 N–H and O–H groups in total. The molecule has 0 aromatic rings. The fourth-order valence-corrected chi connectivity index (χ4v) is 6.63. The first kappa shape index (κ1) is 17.0. The molecule has 5 nitrogen and oxygen atoms in total. The number of aliphatic hydroxyl groups excluding tert-OH is 1. The molecule has 0 aromatic carbocycles. The first-order valence-corrected chi connectivity index (χ1v) is 9.01. The van der Waals surface area contributed by atoms with E-state index < -0.39 is 17.1 Å². The van der Waals surface area contributed by atoms with Crippen molar-refractivity contribution >= 4 is 11.8 Å². The maximum atomic E-state index is 13.3. The SMILES string of the molecule is C=C[C@@H]1[C@]2(C)C[C@@H](C(=O)[C@@]1(C)CO)[C@]1(C)O[C@H]3/C(=C\C)C(=O)O[C@H]3[C@H]21. The van der Waals surface area contributed by atoms with Crippen molar-refractivity contribution in [2.75, 3.05) is 6.61 Å². The van der Waals surface area contributed by atoms with Crippen LogP contribution in [0.2, 0.25) is 0 Å². The number of esters is 1. The number of Topliss-reactive ketones (excluding diaryl/α,β-unsaturated/α-hetero) is 1. The Balaban J connectivity index is 1.89. The Kier molecular flexibility index (Phi) is 3.28. The Morgan fingerprint density at radius 1 is 1.32 bits per heavy atom. The maximum absolute atomic E-state index is 13.3. The number of fused-ring (bicyclic) bond motifs is 7.